The van der Waals surface area contributed by atoms with Crippen LogP contribution in [0.3, 0.4) is 0 Å². The van der Waals surface area contributed by atoms with E-state index in [2.05, 4.69) is 24.0 Å². The summed E-state index contributed by atoms with van der Waals surface area (Å²) in [6.45, 7) is 14.3. The Hall–Kier alpha value is -1.65. The van der Waals surface area contributed by atoms with Crippen LogP contribution in [0.4, 0.5) is 0 Å². The Bertz CT molecular complexity index is 686. The molecule has 2 aromatic heterocycles. The first kappa shape index (κ1) is 14.8. The van der Waals surface area contributed by atoms with Gasteiger partial charge in [-0.1, -0.05) is 13.8 Å². The quantitative estimate of drug-likeness (QED) is 0.847. The predicted octanol–water partition coefficient (Wildman–Crippen LogP) is 3.05. The summed E-state index contributed by atoms with van der Waals surface area (Å²) in [4.78, 5) is 12.7. The van der Waals surface area contributed by atoms with Gasteiger partial charge in [-0.25, -0.2) is 4.68 Å². The average molecular weight is 276 g/mol. The van der Waals surface area contributed by atoms with Gasteiger partial charge in [-0.2, -0.15) is 10.2 Å². The van der Waals surface area contributed by atoms with Gasteiger partial charge >= 0.3 is 0 Å². The second-order valence-electron chi connectivity index (χ2n) is 6.87. The largest absolute Gasteiger partial charge is 0.293 e. The molecule has 0 atom stereocenters. The van der Waals surface area contributed by atoms with Gasteiger partial charge < -0.3 is 0 Å². The van der Waals surface area contributed by atoms with Crippen molar-refractivity contribution in [2.45, 2.75) is 66.0 Å². The summed E-state index contributed by atoms with van der Waals surface area (Å²) in [5.41, 5.74) is 1.30. The summed E-state index contributed by atoms with van der Waals surface area (Å²) < 4.78 is 3.39. The van der Waals surface area contributed by atoms with E-state index in [1.165, 1.54) is 0 Å². The molecule has 20 heavy (non-hydrogen) atoms. The Balaban J connectivity index is 2.95. The van der Waals surface area contributed by atoms with E-state index in [0.29, 0.717) is 5.52 Å². The minimum Gasteiger partial charge on any atom is -0.265 e. The van der Waals surface area contributed by atoms with E-state index in [4.69, 9.17) is 0 Å². The summed E-state index contributed by atoms with van der Waals surface area (Å²) in [5, 5.41) is 9.85. The van der Waals surface area contributed by atoms with Crippen LogP contribution in [0, 0.1) is 0 Å². The average Bonchev–Trinajstić information content (AvgIpc) is 2.73. The van der Waals surface area contributed by atoms with E-state index in [1.807, 2.05) is 39.3 Å². The lowest BCUT2D eigenvalue weighted by atomic mass is 10.1. The SMILES string of the molecule is CC(C)c1nn(C(C)C)c(=O)c2c1cnn2C(C)(C)C. The zero-order chi connectivity index (χ0) is 15.2. The molecule has 0 N–H and O–H groups in total. The molecular formula is C15H24N4O. The maximum absolute atomic E-state index is 12.7. The molecule has 0 bridgehead atoms. The van der Waals surface area contributed by atoms with Crippen LogP contribution in [0.1, 0.15) is 66.1 Å². The Kier molecular flexibility index (Phi) is 3.48. The van der Waals surface area contributed by atoms with E-state index in [1.54, 1.807) is 10.9 Å². The molecule has 0 unspecified atom stereocenters. The summed E-state index contributed by atoms with van der Waals surface area (Å²) in [6.07, 6.45) is 1.77. The Morgan fingerprint density at radius 2 is 1.75 bits per heavy atom. The van der Waals surface area contributed by atoms with Gasteiger partial charge in [0.15, 0.2) is 0 Å². The predicted molar refractivity (Wildman–Crippen MR) is 81.3 cm³/mol. The van der Waals surface area contributed by atoms with Gasteiger partial charge in [0.25, 0.3) is 5.56 Å². The number of nitrogens with zero attached hydrogens (tertiary/aromatic N) is 4. The van der Waals surface area contributed by atoms with Crippen LogP contribution in [-0.4, -0.2) is 19.6 Å². The van der Waals surface area contributed by atoms with E-state index >= 15 is 0 Å². The lowest BCUT2D eigenvalue weighted by Gasteiger charge is -2.21. The first-order valence-electron chi connectivity index (χ1n) is 7.15. The van der Waals surface area contributed by atoms with Gasteiger partial charge in [0.1, 0.15) is 5.52 Å². The third kappa shape index (κ3) is 2.25. The van der Waals surface area contributed by atoms with Crippen LogP contribution >= 0.6 is 0 Å². The lowest BCUT2D eigenvalue weighted by molar-refractivity contribution is 0.365. The van der Waals surface area contributed by atoms with Crippen LogP contribution in [-0.2, 0) is 5.54 Å². The second-order valence-corrected chi connectivity index (χ2v) is 6.87. The molecule has 0 aliphatic heterocycles. The third-order valence-electron chi connectivity index (χ3n) is 3.34. The van der Waals surface area contributed by atoms with Crippen LogP contribution < -0.4 is 5.56 Å². The number of rotatable bonds is 2. The highest BCUT2D eigenvalue weighted by Crippen LogP contribution is 2.25. The molecule has 0 saturated carbocycles. The number of hydrogen-bond donors (Lipinski definition) is 0. The van der Waals surface area contributed by atoms with Crippen molar-refractivity contribution in [1.82, 2.24) is 19.6 Å². The van der Waals surface area contributed by atoms with Crippen molar-refractivity contribution in [2.24, 2.45) is 0 Å². The third-order valence-corrected chi connectivity index (χ3v) is 3.34. The van der Waals surface area contributed by atoms with Crippen molar-refractivity contribution >= 4 is 10.9 Å². The van der Waals surface area contributed by atoms with E-state index in [0.717, 1.165) is 11.1 Å². The van der Waals surface area contributed by atoms with Gasteiger partial charge in [-0.3, -0.25) is 9.48 Å². The molecule has 2 rings (SSSR count). The standard InChI is InChI=1S/C15H24N4O/c1-9(2)12-11-8-16-19(15(5,6)7)13(11)14(20)18(17-12)10(3)4/h8-10H,1-7H3. The molecule has 0 radical (unpaired) electrons. The van der Waals surface area contributed by atoms with Gasteiger partial charge in [-0.05, 0) is 40.5 Å². The van der Waals surface area contributed by atoms with E-state index in [9.17, 15) is 4.79 Å². The monoisotopic (exact) mass is 276 g/mol. The zero-order valence-corrected chi connectivity index (χ0v) is 13.4. The molecule has 5 nitrogen and oxygen atoms in total. The first-order chi connectivity index (χ1) is 9.14. The van der Waals surface area contributed by atoms with Crippen LogP contribution in [0.2, 0.25) is 0 Å². The van der Waals surface area contributed by atoms with Crippen LogP contribution in [0.15, 0.2) is 11.0 Å². The maximum atomic E-state index is 12.7. The van der Waals surface area contributed by atoms with Gasteiger partial charge in [-0.15, -0.1) is 0 Å². The highest BCUT2D eigenvalue weighted by atomic mass is 16.1. The summed E-state index contributed by atoms with van der Waals surface area (Å²) >= 11 is 0. The number of aromatic nitrogens is 4. The Morgan fingerprint density at radius 3 is 2.20 bits per heavy atom. The molecule has 2 aromatic rings. The minimum absolute atomic E-state index is 0.0349. The fourth-order valence-corrected chi connectivity index (χ4v) is 2.35. The van der Waals surface area contributed by atoms with E-state index in [-0.39, 0.29) is 23.1 Å². The summed E-state index contributed by atoms with van der Waals surface area (Å²) in [7, 11) is 0. The molecule has 0 aliphatic rings. The van der Waals surface area contributed by atoms with Crippen molar-refractivity contribution < 1.29 is 0 Å². The first-order valence-corrected chi connectivity index (χ1v) is 7.15. The van der Waals surface area contributed by atoms with Crippen molar-refractivity contribution in [3.63, 3.8) is 0 Å². The van der Waals surface area contributed by atoms with Crippen LogP contribution in [0.5, 0.6) is 0 Å². The molecule has 0 aliphatic carbocycles. The van der Waals surface area contributed by atoms with Gasteiger partial charge in [0.05, 0.1) is 23.5 Å². The number of hydrogen-bond acceptors (Lipinski definition) is 3. The molecular weight excluding hydrogens is 252 g/mol. The highest BCUT2D eigenvalue weighted by Gasteiger charge is 2.24. The molecule has 0 amide bonds. The molecule has 0 saturated heterocycles. The Morgan fingerprint density at radius 1 is 1.15 bits per heavy atom. The molecule has 0 fully saturated rings. The fourth-order valence-electron chi connectivity index (χ4n) is 2.35. The van der Waals surface area contributed by atoms with Gasteiger partial charge in [0, 0.05) is 5.39 Å². The van der Waals surface area contributed by atoms with E-state index < -0.39 is 0 Å². The second kappa shape index (κ2) is 4.72. The van der Waals surface area contributed by atoms with Crippen molar-refractivity contribution in [1.29, 1.82) is 0 Å². The zero-order valence-electron chi connectivity index (χ0n) is 13.4. The number of fused-ring (bicyclic) bond motifs is 1. The van der Waals surface area contributed by atoms with Gasteiger partial charge in [0.2, 0.25) is 0 Å². The highest BCUT2D eigenvalue weighted by molar-refractivity contribution is 5.80. The summed E-state index contributed by atoms with van der Waals surface area (Å²) in [6, 6.07) is 0.0349. The molecule has 0 aromatic carbocycles. The van der Waals surface area contributed by atoms with Crippen molar-refractivity contribution in [3.8, 4) is 0 Å². The molecule has 5 heteroatoms. The minimum atomic E-state index is -0.231. The summed E-state index contributed by atoms with van der Waals surface area (Å²) in [5.74, 6) is 0.251. The maximum Gasteiger partial charge on any atom is 0.293 e. The lowest BCUT2D eigenvalue weighted by Crippen LogP contribution is -2.31. The van der Waals surface area contributed by atoms with Crippen LogP contribution in [0.25, 0.3) is 10.9 Å². The molecule has 110 valence electrons. The molecule has 0 spiro atoms. The smallest absolute Gasteiger partial charge is 0.265 e. The normalized spacial score (nSPS) is 12.8. The fraction of sp³-hybridized carbons (Fsp3) is 0.667. The van der Waals surface area contributed by atoms with Crippen molar-refractivity contribution in [2.75, 3.05) is 0 Å². The molecule has 2 heterocycles. The van der Waals surface area contributed by atoms with Crippen molar-refractivity contribution in [3.05, 3.63) is 22.2 Å². The Labute approximate surface area is 119 Å². The topological polar surface area (TPSA) is 52.7 Å².